The standard InChI is InChI=1S/C8H9ClN2/c9-8-5-1-3-7(11-8)4-2-6-10/h1-5H,6,10H2. The van der Waals surface area contributed by atoms with Gasteiger partial charge in [-0.2, -0.15) is 0 Å². The van der Waals surface area contributed by atoms with Gasteiger partial charge in [0.2, 0.25) is 0 Å². The number of halogens is 1. The first-order valence-corrected chi connectivity index (χ1v) is 3.70. The third kappa shape index (κ3) is 2.70. The van der Waals surface area contributed by atoms with E-state index in [1.807, 2.05) is 24.3 Å². The van der Waals surface area contributed by atoms with Gasteiger partial charge < -0.3 is 5.73 Å². The SMILES string of the molecule is NCC=Cc1cccc(Cl)n1. The van der Waals surface area contributed by atoms with Crippen LogP contribution in [0, 0.1) is 0 Å². The van der Waals surface area contributed by atoms with Crippen molar-refractivity contribution in [2.75, 3.05) is 6.54 Å². The van der Waals surface area contributed by atoms with Crippen LogP contribution in [0.5, 0.6) is 0 Å². The molecule has 0 saturated carbocycles. The molecule has 2 nitrogen and oxygen atoms in total. The Hall–Kier alpha value is -0.860. The molecule has 0 aliphatic rings. The summed E-state index contributed by atoms with van der Waals surface area (Å²) >= 11 is 5.65. The van der Waals surface area contributed by atoms with E-state index >= 15 is 0 Å². The zero-order valence-corrected chi connectivity index (χ0v) is 6.75. The Morgan fingerprint density at radius 2 is 2.36 bits per heavy atom. The van der Waals surface area contributed by atoms with Crippen LogP contribution in [0.15, 0.2) is 24.3 Å². The number of hydrogen-bond donors (Lipinski definition) is 1. The Labute approximate surface area is 70.7 Å². The van der Waals surface area contributed by atoms with Gasteiger partial charge in [0.05, 0.1) is 5.69 Å². The number of nitrogens with zero attached hydrogens (tertiary/aromatic N) is 1. The van der Waals surface area contributed by atoms with E-state index in [9.17, 15) is 0 Å². The van der Waals surface area contributed by atoms with Crippen LogP contribution in [0.2, 0.25) is 5.15 Å². The van der Waals surface area contributed by atoms with E-state index in [1.165, 1.54) is 0 Å². The lowest BCUT2D eigenvalue weighted by molar-refractivity contribution is 1.25. The lowest BCUT2D eigenvalue weighted by Crippen LogP contribution is -1.92. The average molecular weight is 169 g/mol. The summed E-state index contributed by atoms with van der Waals surface area (Å²) in [7, 11) is 0. The normalized spacial score (nSPS) is 10.7. The number of nitrogens with two attached hydrogens (primary N) is 1. The van der Waals surface area contributed by atoms with Gasteiger partial charge >= 0.3 is 0 Å². The number of hydrogen-bond acceptors (Lipinski definition) is 2. The Balaban J connectivity index is 2.79. The Kier molecular flexibility index (Phi) is 3.08. The lowest BCUT2D eigenvalue weighted by Gasteiger charge is -1.91. The van der Waals surface area contributed by atoms with E-state index in [2.05, 4.69) is 4.98 Å². The molecule has 0 aromatic carbocycles. The van der Waals surface area contributed by atoms with E-state index in [4.69, 9.17) is 17.3 Å². The van der Waals surface area contributed by atoms with E-state index in [0.717, 1.165) is 5.69 Å². The van der Waals surface area contributed by atoms with Crippen molar-refractivity contribution in [3.8, 4) is 0 Å². The van der Waals surface area contributed by atoms with Gasteiger partial charge in [0, 0.05) is 6.54 Å². The molecule has 0 bridgehead atoms. The summed E-state index contributed by atoms with van der Waals surface area (Å²) in [5.41, 5.74) is 6.10. The molecule has 1 aromatic rings. The average Bonchev–Trinajstić information content (AvgIpc) is 2.01. The molecule has 2 N–H and O–H groups in total. The molecule has 1 rings (SSSR count). The molecule has 0 atom stereocenters. The van der Waals surface area contributed by atoms with Crippen LogP contribution in [-0.2, 0) is 0 Å². The van der Waals surface area contributed by atoms with Crippen molar-refractivity contribution in [1.82, 2.24) is 4.98 Å². The fourth-order valence-corrected chi connectivity index (χ4v) is 0.876. The van der Waals surface area contributed by atoms with Gasteiger partial charge in [0.15, 0.2) is 0 Å². The number of pyridine rings is 1. The molecule has 0 radical (unpaired) electrons. The van der Waals surface area contributed by atoms with E-state index in [0.29, 0.717) is 11.7 Å². The van der Waals surface area contributed by atoms with Crippen LogP contribution in [0.3, 0.4) is 0 Å². The van der Waals surface area contributed by atoms with Gasteiger partial charge in [-0.15, -0.1) is 0 Å². The topological polar surface area (TPSA) is 38.9 Å². The van der Waals surface area contributed by atoms with Crippen molar-refractivity contribution in [3.05, 3.63) is 35.1 Å². The van der Waals surface area contributed by atoms with Crippen LogP contribution in [-0.4, -0.2) is 11.5 Å². The van der Waals surface area contributed by atoms with E-state index < -0.39 is 0 Å². The first-order valence-electron chi connectivity index (χ1n) is 3.32. The summed E-state index contributed by atoms with van der Waals surface area (Å²) in [6.07, 6.45) is 3.67. The maximum Gasteiger partial charge on any atom is 0.129 e. The maximum atomic E-state index is 5.65. The van der Waals surface area contributed by atoms with Gasteiger partial charge in [-0.3, -0.25) is 0 Å². The van der Waals surface area contributed by atoms with E-state index in [-0.39, 0.29) is 0 Å². The molecule has 0 aliphatic carbocycles. The molecular formula is C8H9ClN2. The van der Waals surface area contributed by atoms with Gasteiger partial charge in [-0.1, -0.05) is 23.7 Å². The molecule has 0 amide bonds. The molecule has 3 heteroatoms. The van der Waals surface area contributed by atoms with Crippen molar-refractivity contribution < 1.29 is 0 Å². The van der Waals surface area contributed by atoms with Crippen molar-refractivity contribution in [1.29, 1.82) is 0 Å². The monoisotopic (exact) mass is 168 g/mol. The summed E-state index contributed by atoms with van der Waals surface area (Å²) in [6, 6.07) is 5.46. The third-order valence-corrected chi connectivity index (χ3v) is 1.37. The highest BCUT2D eigenvalue weighted by atomic mass is 35.5. The van der Waals surface area contributed by atoms with Crippen molar-refractivity contribution in [3.63, 3.8) is 0 Å². The Morgan fingerprint density at radius 1 is 1.55 bits per heavy atom. The number of rotatable bonds is 2. The minimum Gasteiger partial charge on any atom is -0.327 e. The highest BCUT2D eigenvalue weighted by Crippen LogP contribution is 2.05. The molecule has 0 unspecified atom stereocenters. The summed E-state index contributed by atoms with van der Waals surface area (Å²) in [5.74, 6) is 0. The molecule has 1 heterocycles. The lowest BCUT2D eigenvalue weighted by atomic mass is 10.3. The molecule has 11 heavy (non-hydrogen) atoms. The molecule has 0 spiro atoms. The summed E-state index contributed by atoms with van der Waals surface area (Å²) < 4.78 is 0. The fourth-order valence-electron chi connectivity index (χ4n) is 0.706. The minimum absolute atomic E-state index is 0.504. The molecule has 58 valence electrons. The molecule has 0 fully saturated rings. The van der Waals surface area contributed by atoms with Crippen LogP contribution in [0.4, 0.5) is 0 Å². The highest BCUT2D eigenvalue weighted by molar-refractivity contribution is 6.29. The van der Waals surface area contributed by atoms with Crippen molar-refractivity contribution >= 4 is 17.7 Å². The maximum absolute atomic E-state index is 5.65. The first kappa shape index (κ1) is 8.24. The van der Waals surface area contributed by atoms with Crippen molar-refractivity contribution in [2.24, 2.45) is 5.73 Å². The van der Waals surface area contributed by atoms with Crippen LogP contribution < -0.4 is 5.73 Å². The van der Waals surface area contributed by atoms with Crippen LogP contribution >= 0.6 is 11.6 Å². The second-order valence-corrected chi connectivity index (χ2v) is 2.41. The second kappa shape index (κ2) is 4.11. The van der Waals surface area contributed by atoms with Gasteiger partial charge in [-0.05, 0) is 18.2 Å². The van der Waals surface area contributed by atoms with E-state index in [1.54, 1.807) is 6.07 Å². The Morgan fingerprint density at radius 3 is 3.00 bits per heavy atom. The summed E-state index contributed by atoms with van der Waals surface area (Å²) in [5, 5.41) is 0.504. The largest absolute Gasteiger partial charge is 0.327 e. The second-order valence-electron chi connectivity index (χ2n) is 2.02. The number of aromatic nitrogens is 1. The van der Waals surface area contributed by atoms with Gasteiger partial charge in [0.25, 0.3) is 0 Å². The molecule has 1 aromatic heterocycles. The zero-order chi connectivity index (χ0) is 8.10. The van der Waals surface area contributed by atoms with Gasteiger partial charge in [0.1, 0.15) is 5.15 Å². The van der Waals surface area contributed by atoms with Crippen LogP contribution in [0.25, 0.3) is 6.08 Å². The highest BCUT2D eigenvalue weighted by Gasteiger charge is 1.88. The quantitative estimate of drug-likeness (QED) is 0.683. The molecule has 0 aliphatic heterocycles. The smallest absolute Gasteiger partial charge is 0.129 e. The first-order chi connectivity index (χ1) is 5.33. The molecular weight excluding hydrogens is 160 g/mol. The van der Waals surface area contributed by atoms with Gasteiger partial charge in [-0.25, -0.2) is 4.98 Å². The molecule has 0 saturated heterocycles. The summed E-state index contributed by atoms with van der Waals surface area (Å²) in [4.78, 5) is 4.03. The summed E-state index contributed by atoms with van der Waals surface area (Å²) in [6.45, 7) is 0.522. The third-order valence-electron chi connectivity index (χ3n) is 1.16. The minimum atomic E-state index is 0.504. The fraction of sp³-hybridized carbons (Fsp3) is 0.125. The Bertz CT molecular complexity index is 258. The predicted molar refractivity (Wildman–Crippen MR) is 47.3 cm³/mol. The predicted octanol–water partition coefficient (Wildman–Crippen LogP) is 1.71. The zero-order valence-electron chi connectivity index (χ0n) is 6.00. The van der Waals surface area contributed by atoms with Crippen molar-refractivity contribution in [2.45, 2.75) is 0 Å². The van der Waals surface area contributed by atoms with Crippen LogP contribution in [0.1, 0.15) is 5.69 Å².